The number of hydrogen-bond donors (Lipinski definition) is 0. The minimum absolute atomic E-state index is 0.704. The summed E-state index contributed by atoms with van der Waals surface area (Å²) in [5.41, 5.74) is 1.89. The molecule has 19 heavy (non-hydrogen) atoms. The summed E-state index contributed by atoms with van der Waals surface area (Å²) >= 11 is 0. The number of rotatable bonds is 7. The van der Waals surface area contributed by atoms with Crippen LogP contribution in [0.3, 0.4) is 0 Å². The second-order valence-electron chi connectivity index (χ2n) is 5.29. The molecule has 102 valence electrons. The fraction of sp³-hybridized carbons (Fsp3) is 0.471. The van der Waals surface area contributed by atoms with Crippen molar-refractivity contribution in [1.29, 1.82) is 0 Å². The molecule has 0 saturated heterocycles. The van der Waals surface area contributed by atoms with Crippen LogP contribution in [0.1, 0.15) is 49.9 Å². The average Bonchev–Trinajstić information content (AvgIpc) is 2.86. The third-order valence-corrected chi connectivity index (χ3v) is 3.94. The number of nitrogens with zero attached hydrogens (tertiary/aromatic N) is 1. The molecule has 0 aliphatic carbocycles. The van der Waals surface area contributed by atoms with Gasteiger partial charge in [0.25, 0.3) is 0 Å². The highest BCUT2D eigenvalue weighted by atomic mass is 16.1. The Morgan fingerprint density at radius 3 is 2.79 bits per heavy atom. The zero-order chi connectivity index (χ0) is 13.7. The maximum Gasteiger partial charge on any atom is 0.152 e. The van der Waals surface area contributed by atoms with E-state index in [0.717, 1.165) is 29.3 Å². The number of carbonyl (C=O) groups is 1. The largest absolute Gasteiger partial charge is 0.347 e. The number of aromatic nitrogens is 1. The van der Waals surface area contributed by atoms with Crippen LogP contribution in [-0.2, 0) is 6.54 Å². The Morgan fingerprint density at radius 2 is 2.11 bits per heavy atom. The number of aldehydes is 1. The Labute approximate surface area is 115 Å². The van der Waals surface area contributed by atoms with Gasteiger partial charge in [0, 0.05) is 23.7 Å². The first-order valence-corrected chi connectivity index (χ1v) is 7.33. The lowest BCUT2D eigenvalue weighted by molar-refractivity contribution is 0.112. The topological polar surface area (TPSA) is 22.0 Å². The van der Waals surface area contributed by atoms with Gasteiger partial charge in [-0.3, -0.25) is 4.79 Å². The van der Waals surface area contributed by atoms with E-state index in [1.54, 1.807) is 0 Å². The summed E-state index contributed by atoms with van der Waals surface area (Å²) in [6.45, 7) is 5.51. The Balaban J connectivity index is 2.27. The van der Waals surface area contributed by atoms with Gasteiger partial charge in [-0.15, -0.1) is 0 Å². The highest BCUT2D eigenvalue weighted by Gasteiger charge is 2.11. The van der Waals surface area contributed by atoms with Crippen molar-refractivity contribution < 1.29 is 4.79 Å². The van der Waals surface area contributed by atoms with Crippen LogP contribution >= 0.6 is 0 Å². The van der Waals surface area contributed by atoms with Crippen LogP contribution in [0, 0.1) is 5.92 Å². The first-order chi connectivity index (χ1) is 9.30. The van der Waals surface area contributed by atoms with E-state index in [1.165, 1.54) is 25.7 Å². The van der Waals surface area contributed by atoms with Crippen molar-refractivity contribution in [1.82, 2.24) is 4.57 Å². The summed E-state index contributed by atoms with van der Waals surface area (Å²) in [5, 5.41) is 1.16. The van der Waals surface area contributed by atoms with Crippen LogP contribution in [0.15, 0.2) is 30.5 Å². The highest BCUT2D eigenvalue weighted by Crippen LogP contribution is 2.23. The zero-order valence-electron chi connectivity index (χ0n) is 11.9. The monoisotopic (exact) mass is 257 g/mol. The number of hydrogen-bond acceptors (Lipinski definition) is 1. The van der Waals surface area contributed by atoms with E-state index in [4.69, 9.17) is 0 Å². The van der Waals surface area contributed by atoms with E-state index in [0.29, 0.717) is 5.92 Å². The fourth-order valence-electron chi connectivity index (χ4n) is 2.73. The predicted molar refractivity (Wildman–Crippen MR) is 80.6 cm³/mol. The minimum atomic E-state index is 0.704. The molecule has 0 aliphatic heterocycles. The van der Waals surface area contributed by atoms with Gasteiger partial charge >= 0.3 is 0 Å². The molecule has 0 bridgehead atoms. The van der Waals surface area contributed by atoms with Gasteiger partial charge in [0.05, 0.1) is 5.52 Å². The maximum atomic E-state index is 11.2. The molecule has 0 N–H and O–H groups in total. The van der Waals surface area contributed by atoms with Crippen molar-refractivity contribution in [2.75, 3.05) is 0 Å². The number of para-hydroxylation sites is 1. The molecule has 1 aromatic carbocycles. The van der Waals surface area contributed by atoms with Crippen LogP contribution in [0.25, 0.3) is 10.9 Å². The number of fused-ring (bicyclic) bond motifs is 1. The molecule has 2 rings (SSSR count). The van der Waals surface area contributed by atoms with Gasteiger partial charge in [0.15, 0.2) is 6.29 Å². The first-order valence-electron chi connectivity index (χ1n) is 7.33. The molecule has 0 spiro atoms. The summed E-state index contributed by atoms with van der Waals surface area (Å²) in [7, 11) is 0. The lowest BCUT2D eigenvalue weighted by Gasteiger charge is -2.16. The predicted octanol–water partition coefficient (Wildman–Crippen LogP) is 4.67. The molecule has 2 heteroatoms. The lowest BCUT2D eigenvalue weighted by atomic mass is 9.99. The van der Waals surface area contributed by atoms with Crippen LogP contribution in [-0.4, -0.2) is 10.9 Å². The van der Waals surface area contributed by atoms with E-state index in [1.807, 2.05) is 12.1 Å². The van der Waals surface area contributed by atoms with Gasteiger partial charge < -0.3 is 4.57 Å². The maximum absolute atomic E-state index is 11.2. The van der Waals surface area contributed by atoms with Gasteiger partial charge in [0.2, 0.25) is 0 Å². The molecule has 0 radical (unpaired) electrons. The van der Waals surface area contributed by atoms with Crippen molar-refractivity contribution in [2.45, 2.75) is 46.1 Å². The Bertz CT molecular complexity index is 541. The van der Waals surface area contributed by atoms with E-state index in [9.17, 15) is 4.79 Å². The van der Waals surface area contributed by atoms with E-state index in [-0.39, 0.29) is 0 Å². The molecular formula is C17H23NO. The second kappa shape index (κ2) is 6.55. The van der Waals surface area contributed by atoms with E-state index >= 15 is 0 Å². The quantitative estimate of drug-likeness (QED) is 0.661. The van der Waals surface area contributed by atoms with Crippen LogP contribution in [0.4, 0.5) is 0 Å². The smallest absolute Gasteiger partial charge is 0.152 e. The Kier molecular flexibility index (Phi) is 4.78. The van der Waals surface area contributed by atoms with Crippen molar-refractivity contribution in [3.8, 4) is 0 Å². The standard InChI is InChI=1S/C17H23NO/c1-3-5-7-14(4-2)12-18-11-10-15-8-6-9-16(13-19)17(15)18/h6,8-11,13-14H,3-5,7,12H2,1-2H3. The van der Waals surface area contributed by atoms with Crippen LogP contribution in [0.5, 0.6) is 0 Å². The van der Waals surface area contributed by atoms with Crippen molar-refractivity contribution in [2.24, 2.45) is 5.92 Å². The molecule has 0 amide bonds. The molecule has 2 aromatic rings. The highest BCUT2D eigenvalue weighted by molar-refractivity contribution is 5.96. The minimum Gasteiger partial charge on any atom is -0.347 e. The molecule has 1 atom stereocenters. The summed E-state index contributed by atoms with van der Waals surface area (Å²) in [5.74, 6) is 0.704. The molecule has 2 nitrogen and oxygen atoms in total. The number of benzene rings is 1. The van der Waals surface area contributed by atoms with Crippen LogP contribution in [0.2, 0.25) is 0 Å². The normalized spacial score (nSPS) is 12.7. The van der Waals surface area contributed by atoms with E-state index < -0.39 is 0 Å². The molecule has 0 aliphatic rings. The van der Waals surface area contributed by atoms with Crippen molar-refractivity contribution in [3.05, 3.63) is 36.0 Å². The third kappa shape index (κ3) is 3.06. The van der Waals surface area contributed by atoms with Gasteiger partial charge in [-0.05, 0) is 24.5 Å². The average molecular weight is 257 g/mol. The molecule has 1 aromatic heterocycles. The second-order valence-corrected chi connectivity index (χ2v) is 5.29. The van der Waals surface area contributed by atoms with Gasteiger partial charge in [-0.2, -0.15) is 0 Å². The number of unbranched alkanes of at least 4 members (excludes halogenated alkanes) is 1. The first kappa shape index (κ1) is 13.9. The summed E-state index contributed by atoms with van der Waals surface area (Å²) in [6.07, 6.45) is 8.09. The molecule has 0 saturated carbocycles. The molecule has 0 fully saturated rings. The van der Waals surface area contributed by atoms with Crippen molar-refractivity contribution >= 4 is 17.2 Å². The lowest BCUT2D eigenvalue weighted by Crippen LogP contribution is -2.10. The summed E-state index contributed by atoms with van der Waals surface area (Å²) < 4.78 is 2.25. The van der Waals surface area contributed by atoms with E-state index in [2.05, 4.69) is 36.7 Å². The molecule has 1 unspecified atom stereocenters. The van der Waals surface area contributed by atoms with Crippen molar-refractivity contribution in [3.63, 3.8) is 0 Å². The number of carbonyl (C=O) groups excluding carboxylic acids is 1. The summed E-state index contributed by atoms with van der Waals surface area (Å²) in [4.78, 5) is 11.2. The summed E-state index contributed by atoms with van der Waals surface area (Å²) in [6, 6.07) is 8.03. The van der Waals surface area contributed by atoms with Crippen LogP contribution < -0.4 is 0 Å². The Morgan fingerprint density at radius 1 is 1.26 bits per heavy atom. The molecule has 1 heterocycles. The SMILES string of the molecule is CCCCC(CC)Cn1ccc2cccc(C=O)c21. The Hall–Kier alpha value is -1.57. The zero-order valence-corrected chi connectivity index (χ0v) is 11.9. The van der Waals surface area contributed by atoms with Gasteiger partial charge in [0.1, 0.15) is 0 Å². The van der Waals surface area contributed by atoms with Gasteiger partial charge in [-0.25, -0.2) is 0 Å². The fourth-order valence-corrected chi connectivity index (χ4v) is 2.73. The molecular weight excluding hydrogens is 234 g/mol. The third-order valence-electron chi connectivity index (χ3n) is 3.94. The van der Waals surface area contributed by atoms with Gasteiger partial charge in [-0.1, -0.05) is 45.2 Å².